The van der Waals surface area contributed by atoms with Gasteiger partial charge in [-0.1, -0.05) is 12.1 Å². The molecule has 0 unspecified atom stereocenters. The summed E-state index contributed by atoms with van der Waals surface area (Å²) in [5.41, 5.74) is 3.89. The average molecular weight is 374 g/mol. The van der Waals surface area contributed by atoms with Crippen LogP contribution in [0.4, 0.5) is 5.82 Å². The highest BCUT2D eigenvalue weighted by molar-refractivity contribution is 6.04. The summed E-state index contributed by atoms with van der Waals surface area (Å²) in [7, 11) is 0. The highest BCUT2D eigenvalue weighted by Crippen LogP contribution is 2.28. The Kier molecular flexibility index (Phi) is 4.09. The van der Waals surface area contributed by atoms with Crippen LogP contribution in [0.5, 0.6) is 0 Å². The molecule has 4 aromatic rings. The quantitative estimate of drug-likeness (QED) is 0.576. The van der Waals surface area contributed by atoms with Crippen LogP contribution in [-0.4, -0.2) is 45.9 Å². The molecule has 1 fully saturated rings. The number of aromatic amines is 1. The van der Waals surface area contributed by atoms with Gasteiger partial charge in [-0.05, 0) is 36.2 Å². The number of benzene rings is 1. The molecule has 1 aliphatic heterocycles. The monoisotopic (exact) mass is 374 g/mol. The second kappa shape index (κ2) is 6.76. The van der Waals surface area contributed by atoms with Crippen LogP contribution in [0.1, 0.15) is 6.92 Å². The molecule has 2 N–H and O–H groups in total. The van der Waals surface area contributed by atoms with Crippen LogP contribution < -0.4 is 15.8 Å². The first kappa shape index (κ1) is 16.9. The van der Waals surface area contributed by atoms with Gasteiger partial charge in [-0.15, -0.1) is 0 Å². The lowest BCUT2D eigenvalue weighted by molar-refractivity contribution is 0.585. The van der Waals surface area contributed by atoms with Gasteiger partial charge in [0, 0.05) is 44.3 Å². The first-order valence-electron chi connectivity index (χ1n) is 9.68. The molecule has 0 saturated carbocycles. The first-order chi connectivity index (χ1) is 13.8. The van der Waals surface area contributed by atoms with E-state index in [4.69, 9.17) is 0 Å². The predicted molar refractivity (Wildman–Crippen MR) is 112 cm³/mol. The summed E-state index contributed by atoms with van der Waals surface area (Å²) in [5, 5.41) is 12.1. The van der Waals surface area contributed by atoms with Crippen molar-refractivity contribution < 1.29 is 0 Å². The highest BCUT2D eigenvalue weighted by Gasteiger charge is 2.14. The van der Waals surface area contributed by atoms with Crippen molar-refractivity contribution in [3.05, 3.63) is 53.1 Å². The third-order valence-electron chi connectivity index (χ3n) is 5.51. The number of pyridine rings is 2. The summed E-state index contributed by atoms with van der Waals surface area (Å²) < 4.78 is 1.81. The van der Waals surface area contributed by atoms with Crippen molar-refractivity contribution in [2.24, 2.45) is 0 Å². The summed E-state index contributed by atoms with van der Waals surface area (Å²) in [5.74, 6) is 0.996. The number of rotatable bonds is 3. The number of aryl methyl sites for hydroxylation is 1. The van der Waals surface area contributed by atoms with Crippen molar-refractivity contribution in [2.75, 3.05) is 31.1 Å². The molecule has 0 spiro atoms. The number of anilines is 1. The molecule has 4 heterocycles. The van der Waals surface area contributed by atoms with Crippen LogP contribution in [0.25, 0.3) is 32.9 Å². The van der Waals surface area contributed by atoms with Crippen molar-refractivity contribution in [3.8, 4) is 11.1 Å². The second-order valence-electron chi connectivity index (χ2n) is 7.08. The van der Waals surface area contributed by atoms with Crippen LogP contribution >= 0.6 is 0 Å². The Morgan fingerprint density at radius 1 is 1.07 bits per heavy atom. The third kappa shape index (κ3) is 2.66. The van der Waals surface area contributed by atoms with Gasteiger partial charge in [0.1, 0.15) is 5.82 Å². The van der Waals surface area contributed by atoms with E-state index >= 15 is 0 Å². The molecule has 0 amide bonds. The van der Waals surface area contributed by atoms with E-state index in [1.165, 1.54) is 0 Å². The second-order valence-corrected chi connectivity index (χ2v) is 7.08. The fourth-order valence-corrected chi connectivity index (χ4v) is 4.03. The van der Waals surface area contributed by atoms with Crippen LogP contribution in [-0.2, 0) is 6.54 Å². The zero-order chi connectivity index (χ0) is 19.1. The van der Waals surface area contributed by atoms with Gasteiger partial charge >= 0.3 is 0 Å². The van der Waals surface area contributed by atoms with Crippen molar-refractivity contribution >= 4 is 27.6 Å². The topological polar surface area (TPSA) is 78.8 Å². The Hall–Kier alpha value is -3.19. The van der Waals surface area contributed by atoms with E-state index in [1.807, 2.05) is 23.8 Å². The van der Waals surface area contributed by atoms with E-state index in [9.17, 15) is 4.79 Å². The Balaban J connectivity index is 1.66. The van der Waals surface area contributed by atoms with E-state index in [-0.39, 0.29) is 5.56 Å². The Morgan fingerprint density at radius 2 is 1.89 bits per heavy atom. The van der Waals surface area contributed by atoms with Crippen LogP contribution in [0.2, 0.25) is 0 Å². The molecule has 142 valence electrons. The minimum Gasteiger partial charge on any atom is -0.354 e. The summed E-state index contributed by atoms with van der Waals surface area (Å²) in [6.45, 7) is 6.48. The number of nitrogens with one attached hydrogen (secondary N) is 2. The standard InChI is InChI=1S/C21H22N6O/c1-2-27-18-11-14(3-4-16(18)20-17(21(27)28)13-24-25-20)15-5-6-23-19(12-15)26-9-7-22-8-10-26/h3-6,11-13,22H,2,7-10H2,1H3,(H,24,25). The van der Waals surface area contributed by atoms with Crippen LogP contribution in [0, 0.1) is 0 Å². The molecule has 5 rings (SSSR count). The maximum atomic E-state index is 12.8. The molecule has 28 heavy (non-hydrogen) atoms. The van der Waals surface area contributed by atoms with Crippen molar-refractivity contribution in [1.29, 1.82) is 0 Å². The minimum atomic E-state index is -0.00728. The fourth-order valence-electron chi connectivity index (χ4n) is 4.03. The number of aromatic nitrogens is 4. The molecular formula is C21H22N6O. The maximum absolute atomic E-state index is 12.8. The van der Waals surface area contributed by atoms with Gasteiger partial charge in [0.15, 0.2) is 0 Å². The lowest BCUT2D eigenvalue weighted by Crippen LogP contribution is -2.43. The van der Waals surface area contributed by atoms with E-state index in [0.29, 0.717) is 11.9 Å². The molecule has 0 radical (unpaired) electrons. The number of nitrogens with zero attached hydrogens (tertiary/aromatic N) is 4. The largest absolute Gasteiger partial charge is 0.354 e. The molecule has 0 bridgehead atoms. The average Bonchev–Trinajstić information content (AvgIpc) is 3.25. The SMILES string of the molecule is CCn1c(=O)c2cn[nH]c2c2ccc(-c3ccnc(N4CCNCC4)c3)cc21. The Morgan fingerprint density at radius 3 is 2.71 bits per heavy atom. The molecule has 1 aliphatic rings. The molecular weight excluding hydrogens is 352 g/mol. The van der Waals surface area contributed by atoms with Gasteiger partial charge in [-0.3, -0.25) is 9.89 Å². The normalized spacial score (nSPS) is 14.8. The number of piperazine rings is 1. The van der Waals surface area contributed by atoms with Crippen molar-refractivity contribution in [3.63, 3.8) is 0 Å². The fraction of sp³-hybridized carbons (Fsp3) is 0.286. The predicted octanol–water partition coefficient (Wildman–Crippen LogP) is 2.37. The van der Waals surface area contributed by atoms with E-state index in [1.54, 1.807) is 6.20 Å². The zero-order valence-corrected chi connectivity index (χ0v) is 15.8. The smallest absolute Gasteiger partial charge is 0.262 e. The first-order valence-corrected chi connectivity index (χ1v) is 9.68. The van der Waals surface area contributed by atoms with Crippen molar-refractivity contribution in [1.82, 2.24) is 25.1 Å². The van der Waals surface area contributed by atoms with Gasteiger partial charge in [0.25, 0.3) is 5.56 Å². The van der Waals surface area contributed by atoms with E-state index < -0.39 is 0 Å². The molecule has 1 saturated heterocycles. The lowest BCUT2D eigenvalue weighted by Gasteiger charge is -2.28. The number of hydrogen-bond donors (Lipinski definition) is 2. The van der Waals surface area contributed by atoms with Crippen LogP contribution in [0.3, 0.4) is 0 Å². The number of fused-ring (bicyclic) bond motifs is 3. The minimum absolute atomic E-state index is 0.00728. The molecule has 0 atom stereocenters. The van der Waals surface area contributed by atoms with E-state index in [0.717, 1.165) is 59.5 Å². The Bertz CT molecular complexity index is 1220. The van der Waals surface area contributed by atoms with Gasteiger partial charge < -0.3 is 14.8 Å². The zero-order valence-electron chi connectivity index (χ0n) is 15.8. The van der Waals surface area contributed by atoms with Gasteiger partial charge in [-0.25, -0.2) is 4.98 Å². The number of hydrogen-bond acceptors (Lipinski definition) is 5. The summed E-state index contributed by atoms with van der Waals surface area (Å²) in [4.78, 5) is 19.7. The summed E-state index contributed by atoms with van der Waals surface area (Å²) in [6.07, 6.45) is 3.47. The highest BCUT2D eigenvalue weighted by atomic mass is 16.1. The molecule has 3 aromatic heterocycles. The summed E-state index contributed by atoms with van der Waals surface area (Å²) >= 11 is 0. The maximum Gasteiger partial charge on any atom is 0.262 e. The van der Waals surface area contributed by atoms with Gasteiger partial charge in [-0.2, -0.15) is 5.10 Å². The van der Waals surface area contributed by atoms with E-state index in [2.05, 4.69) is 49.7 Å². The van der Waals surface area contributed by atoms with Gasteiger partial charge in [0.2, 0.25) is 0 Å². The third-order valence-corrected chi connectivity index (χ3v) is 5.51. The molecule has 7 heteroatoms. The number of H-pyrrole nitrogens is 1. The molecule has 0 aliphatic carbocycles. The van der Waals surface area contributed by atoms with Crippen molar-refractivity contribution in [2.45, 2.75) is 13.5 Å². The summed E-state index contributed by atoms with van der Waals surface area (Å²) in [6, 6.07) is 10.4. The van der Waals surface area contributed by atoms with Crippen LogP contribution in [0.15, 0.2) is 47.5 Å². The lowest BCUT2D eigenvalue weighted by atomic mass is 10.0. The Labute approximate surface area is 162 Å². The molecule has 7 nitrogen and oxygen atoms in total. The van der Waals surface area contributed by atoms with Gasteiger partial charge in [0.05, 0.1) is 22.6 Å². The molecule has 1 aromatic carbocycles.